The van der Waals surface area contributed by atoms with E-state index in [4.69, 9.17) is 9.63 Å². The summed E-state index contributed by atoms with van der Waals surface area (Å²) in [6.45, 7) is 3.53. The average molecular weight is 274 g/mol. The number of carboxylic acid groups (broad SMARTS) is 1. The van der Waals surface area contributed by atoms with E-state index in [2.05, 4.69) is 10.5 Å². The zero-order chi connectivity index (χ0) is 14.7. The molecule has 1 amide bonds. The molecule has 0 spiro atoms. The summed E-state index contributed by atoms with van der Waals surface area (Å²) in [5.41, 5.74) is 2.18. The van der Waals surface area contributed by atoms with Gasteiger partial charge in [-0.3, -0.25) is 4.79 Å². The third-order valence-electron chi connectivity index (χ3n) is 2.93. The van der Waals surface area contributed by atoms with Crippen molar-refractivity contribution in [2.45, 2.75) is 20.3 Å². The number of nitrogens with zero attached hydrogens (tertiary/aromatic N) is 1. The molecule has 6 nitrogen and oxygen atoms in total. The van der Waals surface area contributed by atoms with Crippen molar-refractivity contribution < 1.29 is 19.2 Å². The van der Waals surface area contributed by atoms with Gasteiger partial charge in [0.1, 0.15) is 5.76 Å². The van der Waals surface area contributed by atoms with Gasteiger partial charge in [-0.2, -0.15) is 0 Å². The summed E-state index contributed by atoms with van der Waals surface area (Å²) in [6.07, 6.45) is 0.169. The van der Waals surface area contributed by atoms with Crippen molar-refractivity contribution in [3.05, 3.63) is 46.8 Å². The molecule has 0 saturated carbocycles. The molecular weight excluding hydrogens is 260 g/mol. The molecule has 0 bridgehead atoms. The molecule has 2 rings (SSSR count). The molecule has 104 valence electrons. The fraction of sp³-hybridized carbons (Fsp3) is 0.214. The van der Waals surface area contributed by atoms with Crippen molar-refractivity contribution in [3.63, 3.8) is 0 Å². The first-order valence-corrected chi connectivity index (χ1v) is 6.02. The molecule has 0 saturated heterocycles. The molecule has 0 aliphatic heterocycles. The zero-order valence-electron chi connectivity index (χ0n) is 11.1. The minimum absolute atomic E-state index is 0.169. The fourth-order valence-electron chi connectivity index (χ4n) is 1.82. The second kappa shape index (κ2) is 5.56. The van der Waals surface area contributed by atoms with E-state index in [-0.39, 0.29) is 17.9 Å². The lowest BCUT2D eigenvalue weighted by molar-refractivity contribution is -0.115. The highest BCUT2D eigenvalue weighted by Crippen LogP contribution is 2.15. The first-order chi connectivity index (χ1) is 9.47. The SMILES string of the molecule is Cc1noc(C)c1CC(=O)Nc1ccc(C(=O)O)cc1. The summed E-state index contributed by atoms with van der Waals surface area (Å²) >= 11 is 0. The van der Waals surface area contributed by atoms with E-state index in [9.17, 15) is 9.59 Å². The topological polar surface area (TPSA) is 92.4 Å². The number of hydrogen-bond acceptors (Lipinski definition) is 4. The number of hydrogen-bond donors (Lipinski definition) is 2. The van der Waals surface area contributed by atoms with Crippen LogP contribution in [0.2, 0.25) is 0 Å². The Morgan fingerprint density at radius 1 is 1.25 bits per heavy atom. The molecule has 0 fully saturated rings. The molecule has 6 heteroatoms. The molecule has 0 radical (unpaired) electrons. The Morgan fingerprint density at radius 2 is 1.90 bits per heavy atom. The van der Waals surface area contributed by atoms with Gasteiger partial charge in [0.25, 0.3) is 0 Å². The number of carbonyl (C=O) groups excluding carboxylic acids is 1. The lowest BCUT2D eigenvalue weighted by Gasteiger charge is -2.05. The molecule has 20 heavy (non-hydrogen) atoms. The van der Waals surface area contributed by atoms with Gasteiger partial charge in [-0.25, -0.2) is 4.79 Å². The number of aromatic carboxylic acids is 1. The summed E-state index contributed by atoms with van der Waals surface area (Å²) in [5, 5.41) is 15.3. The first kappa shape index (κ1) is 13.8. The van der Waals surface area contributed by atoms with Gasteiger partial charge in [-0.05, 0) is 38.1 Å². The highest BCUT2D eigenvalue weighted by atomic mass is 16.5. The minimum atomic E-state index is -1.00. The maximum atomic E-state index is 11.9. The van der Waals surface area contributed by atoms with Crippen LogP contribution in [0.15, 0.2) is 28.8 Å². The molecule has 0 aliphatic carbocycles. The Bertz CT molecular complexity index is 624. The van der Waals surface area contributed by atoms with Gasteiger partial charge < -0.3 is 14.9 Å². The molecule has 0 atom stereocenters. The number of amides is 1. The normalized spacial score (nSPS) is 10.3. The highest BCUT2D eigenvalue weighted by molar-refractivity contribution is 5.93. The molecule has 1 heterocycles. The Morgan fingerprint density at radius 3 is 2.40 bits per heavy atom. The monoisotopic (exact) mass is 274 g/mol. The maximum Gasteiger partial charge on any atom is 0.335 e. The molecule has 0 aliphatic rings. The van der Waals surface area contributed by atoms with Crippen molar-refractivity contribution >= 4 is 17.6 Å². The van der Waals surface area contributed by atoms with Gasteiger partial charge in [-0.1, -0.05) is 5.16 Å². The molecule has 0 unspecified atom stereocenters. The smallest absolute Gasteiger partial charge is 0.335 e. The molecule has 1 aromatic heterocycles. The lowest BCUT2D eigenvalue weighted by atomic mass is 10.1. The second-order valence-electron chi connectivity index (χ2n) is 4.41. The van der Waals surface area contributed by atoms with E-state index < -0.39 is 5.97 Å². The fourth-order valence-corrected chi connectivity index (χ4v) is 1.82. The van der Waals surface area contributed by atoms with E-state index >= 15 is 0 Å². The zero-order valence-corrected chi connectivity index (χ0v) is 11.1. The van der Waals surface area contributed by atoms with Crippen LogP contribution < -0.4 is 5.32 Å². The standard InChI is InChI=1S/C14H14N2O4/c1-8-12(9(2)20-16-8)7-13(17)15-11-5-3-10(4-6-11)14(18)19/h3-6H,7H2,1-2H3,(H,15,17)(H,18,19). The quantitative estimate of drug-likeness (QED) is 0.891. The maximum absolute atomic E-state index is 11.9. The average Bonchev–Trinajstić information content (AvgIpc) is 2.71. The number of carboxylic acids is 1. The van der Waals surface area contributed by atoms with Gasteiger partial charge >= 0.3 is 5.97 Å². The van der Waals surface area contributed by atoms with Crippen LogP contribution in [0, 0.1) is 13.8 Å². The summed E-state index contributed by atoms with van der Waals surface area (Å²) < 4.78 is 4.99. The van der Waals surface area contributed by atoms with Crippen LogP contribution in [0.25, 0.3) is 0 Å². The summed E-state index contributed by atoms with van der Waals surface area (Å²) in [6, 6.07) is 5.98. The van der Waals surface area contributed by atoms with Crippen molar-refractivity contribution in [2.75, 3.05) is 5.32 Å². The summed E-state index contributed by atoms with van der Waals surface area (Å²) in [7, 11) is 0. The third-order valence-corrected chi connectivity index (χ3v) is 2.93. The van der Waals surface area contributed by atoms with Crippen LogP contribution in [-0.2, 0) is 11.2 Å². The Labute approximate surface area is 115 Å². The van der Waals surface area contributed by atoms with Crippen LogP contribution in [0.1, 0.15) is 27.4 Å². The minimum Gasteiger partial charge on any atom is -0.478 e. The summed E-state index contributed by atoms with van der Waals surface area (Å²) in [4.78, 5) is 22.6. The molecule has 2 N–H and O–H groups in total. The highest BCUT2D eigenvalue weighted by Gasteiger charge is 2.13. The van der Waals surface area contributed by atoms with Crippen molar-refractivity contribution in [3.8, 4) is 0 Å². The van der Waals surface area contributed by atoms with Gasteiger partial charge in [0, 0.05) is 11.3 Å². The number of anilines is 1. The van der Waals surface area contributed by atoms with E-state index in [0.717, 1.165) is 5.56 Å². The van der Waals surface area contributed by atoms with Crippen molar-refractivity contribution in [2.24, 2.45) is 0 Å². The molecular formula is C14H14N2O4. The number of nitrogens with one attached hydrogen (secondary N) is 1. The molecule has 2 aromatic rings. The van der Waals surface area contributed by atoms with Crippen LogP contribution in [-0.4, -0.2) is 22.1 Å². The number of carbonyl (C=O) groups is 2. The predicted octanol–water partition coefficient (Wildman–Crippen LogP) is 2.17. The lowest BCUT2D eigenvalue weighted by Crippen LogP contribution is -2.15. The van der Waals surface area contributed by atoms with Gasteiger partial charge in [0.2, 0.25) is 5.91 Å². The largest absolute Gasteiger partial charge is 0.478 e. The van der Waals surface area contributed by atoms with Crippen molar-refractivity contribution in [1.29, 1.82) is 0 Å². The number of rotatable bonds is 4. The van der Waals surface area contributed by atoms with Crippen LogP contribution >= 0.6 is 0 Å². The van der Waals surface area contributed by atoms with E-state index in [0.29, 0.717) is 17.1 Å². The van der Waals surface area contributed by atoms with Crippen LogP contribution in [0.3, 0.4) is 0 Å². The number of aromatic nitrogens is 1. The van der Waals surface area contributed by atoms with E-state index in [1.165, 1.54) is 12.1 Å². The first-order valence-electron chi connectivity index (χ1n) is 6.02. The summed E-state index contributed by atoms with van der Waals surface area (Å²) in [5.74, 6) is -0.583. The van der Waals surface area contributed by atoms with E-state index in [1.54, 1.807) is 26.0 Å². The van der Waals surface area contributed by atoms with Gasteiger partial charge in [0.15, 0.2) is 0 Å². The van der Waals surface area contributed by atoms with Crippen molar-refractivity contribution in [1.82, 2.24) is 5.16 Å². The number of benzene rings is 1. The Balaban J connectivity index is 2.03. The van der Waals surface area contributed by atoms with Crippen LogP contribution in [0.5, 0.6) is 0 Å². The Hall–Kier alpha value is -2.63. The van der Waals surface area contributed by atoms with E-state index in [1.807, 2.05) is 0 Å². The Kier molecular flexibility index (Phi) is 3.84. The van der Waals surface area contributed by atoms with Gasteiger partial charge in [-0.15, -0.1) is 0 Å². The second-order valence-corrected chi connectivity index (χ2v) is 4.41. The predicted molar refractivity (Wildman–Crippen MR) is 71.7 cm³/mol. The van der Waals surface area contributed by atoms with Gasteiger partial charge in [0.05, 0.1) is 17.7 Å². The third kappa shape index (κ3) is 3.03. The molecule has 1 aromatic carbocycles. The number of aryl methyl sites for hydroxylation is 2. The van der Waals surface area contributed by atoms with Crippen LogP contribution in [0.4, 0.5) is 5.69 Å².